The van der Waals surface area contributed by atoms with E-state index in [-0.39, 0.29) is 12.6 Å². The monoisotopic (exact) mass is 449 g/mol. The number of likely N-dealkylation sites (N-methyl/N-ethyl adjacent to an activating group) is 2. The molecule has 0 bridgehead atoms. The number of hydrogen-bond acceptors (Lipinski definition) is 8. The van der Waals surface area contributed by atoms with Crippen LogP contribution in [0.4, 0.5) is 5.82 Å². The summed E-state index contributed by atoms with van der Waals surface area (Å²) in [6.07, 6.45) is 3.94. The summed E-state index contributed by atoms with van der Waals surface area (Å²) >= 11 is 0. The Morgan fingerprint density at radius 1 is 1.21 bits per heavy atom. The molecule has 3 heterocycles. The number of anilines is 1. The van der Waals surface area contributed by atoms with Gasteiger partial charge in [0.1, 0.15) is 24.3 Å². The fourth-order valence-corrected chi connectivity index (χ4v) is 3.98. The quantitative estimate of drug-likeness (QED) is 0.515. The number of nitrogens with zero attached hydrogens (tertiary/aromatic N) is 4. The normalized spacial score (nSPS) is 16.5. The highest BCUT2D eigenvalue weighted by molar-refractivity contribution is 5.72. The molecule has 8 nitrogen and oxygen atoms in total. The first-order chi connectivity index (χ1) is 16.1. The highest BCUT2D eigenvalue weighted by Gasteiger charge is 2.25. The molecule has 0 spiro atoms. The van der Waals surface area contributed by atoms with Gasteiger partial charge in [-0.1, -0.05) is 12.1 Å². The Balaban J connectivity index is 1.72. The topological polar surface area (TPSA) is 92.6 Å². The van der Waals surface area contributed by atoms with E-state index in [4.69, 9.17) is 19.4 Å². The lowest BCUT2D eigenvalue weighted by Crippen LogP contribution is -2.33. The van der Waals surface area contributed by atoms with E-state index in [0.29, 0.717) is 24.7 Å². The van der Waals surface area contributed by atoms with Crippen molar-refractivity contribution in [2.45, 2.75) is 25.5 Å². The van der Waals surface area contributed by atoms with E-state index >= 15 is 0 Å². The lowest BCUT2D eigenvalue weighted by atomic mass is 10.1. The summed E-state index contributed by atoms with van der Waals surface area (Å²) in [6.45, 7) is 4.19. The second-order valence-electron chi connectivity index (χ2n) is 8.26. The maximum Gasteiger partial charge on any atom is 0.162 e. The van der Waals surface area contributed by atoms with Crippen LogP contribution in [-0.2, 0) is 4.74 Å². The van der Waals surface area contributed by atoms with Crippen molar-refractivity contribution in [3.8, 4) is 28.4 Å². The average molecular weight is 450 g/mol. The maximum atomic E-state index is 9.96. The standard InChI is InChI=1S/C25H31N5O3/c1-17-23(18-7-10-27-11-8-18)28-24(29-25(17)30(3)20-9-12-32-15-20)19-5-4-6-22(13-19)33-16-21(31)14-26-2/h4-8,10-11,13,20-21,26,31H,9,12,14-16H2,1-3H3. The van der Waals surface area contributed by atoms with Crippen molar-refractivity contribution >= 4 is 5.82 Å². The number of nitrogens with one attached hydrogen (secondary N) is 1. The van der Waals surface area contributed by atoms with Crippen LogP contribution >= 0.6 is 0 Å². The lowest BCUT2D eigenvalue weighted by molar-refractivity contribution is 0.108. The number of aliphatic hydroxyl groups excluding tert-OH is 1. The van der Waals surface area contributed by atoms with Gasteiger partial charge >= 0.3 is 0 Å². The van der Waals surface area contributed by atoms with E-state index in [1.165, 1.54) is 0 Å². The van der Waals surface area contributed by atoms with Gasteiger partial charge in [0.25, 0.3) is 0 Å². The zero-order valence-electron chi connectivity index (χ0n) is 19.4. The fourth-order valence-electron chi connectivity index (χ4n) is 3.98. The highest BCUT2D eigenvalue weighted by atomic mass is 16.5. The first kappa shape index (κ1) is 23.1. The van der Waals surface area contributed by atoms with Crippen molar-refractivity contribution in [1.82, 2.24) is 20.3 Å². The van der Waals surface area contributed by atoms with Crippen molar-refractivity contribution in [2.75, 3.05) is 45.4 Å². The predicted octanol–water partition coefficient (Wildman–Crippen LogP) is 2.70. The van der Waals surface area contributed by atoms with Gasteiger partial charge in [0.2, 0.25) is 0 Å². The maximum absolute atomic E-state index is 9.96. The number of benzene rings is 1. The van der Waals surface area contributed by atoms with Crippen LogP contribution in [0.25, 0.3) is 22.6 Å². The SMILES string of the molecule is CNCC(O)COc1cccc(-c2nc(-c3ccncc3)c(C)c(N(C)C3CCOC3)n2)c1. The van der Waals surface area contributed by atoms with E-state index in [1.807, 2.05) is 36.4 Å². The van der Waals surface area contributed by atoms with Crippen LogP contribution in [-0.4, -0.2) is 72.7 Å². The van der Waals surface area contributed by atoms with Gasteiger partial charge < -0.3 is 24.8 Å². The van der Waals surface area contributed by atoms with E-state index in [0.717, 1.165) is 41.2 Å². The Labute approximate surface area is 194 Å². The molecule has 0 saturated carbocycles. The Hall–Kier alpha value is -3.07. The zero-order valence-corrected chi connectivity index (χ0v) is 19.4. The van der Waals surface area contributed by atoms with E-state index in [1.54, 1.807) is 19.4 Å². The number of ether oxygens (including phenoxy) is 2. The molecule has 3 aromatic rings. The molecule has 4 rings (SSSR count). The number of hydrogen-bond donors (Lipinski definition) is 2. The molecular formula is C25H31N5O3. The van der Waals surface area contributed by atoms with Crippen LogP contribution in [0.3, 0.4) is 0 Å². The molecule has 174 valence electrons. The van der Waals surface area contributed by atoms with Crippen molar-refractivity contribution in [1.29, 1.82) is 0 Å². The highest BCUT2D eigenvalue weighted by Crippen LogP contribution is 2.32. The molecule has 0 radical (unpaired) electrons. The van der Waals surface area contributed by atoms with Crippen molar-refractivity contribution in [3.63, 3.8) is 0 Å². The average Bonchev–Trinajstić information content (AvgIpc) is 3.39. The van der Waals surface area contributed by atoms with Crippen LogP contribution in [0, 0.1) is 6.92 Å². The Bertz CT molecular complexity index is 1060. The summed E-state index contributed by atoms with van der Waals surface area (Å²) in [7, 11) is 3.86. The number of rotatable bonds is 9. The van der Waals surface area contributed by atoms with Crippen molar-refractivity contribution in [2.24, 2.45) is 0 Å². The lowest BCUT2D eigenvalue weighted by Gasteiger charge is -2.27. The predicted molar refractivity (Wildman–Crippen MR) is 128 cm³/mol. The first-order valence-electron chi connectivity index (χ1n) is 11.2. The second-order valence-corrected chi connectivity index (χ2v) is 8.26. The summed E-state index contributed by atoms with van der Waals surface area (Å²) in [5, 5.41) is 12.9. The van der Waals surface area contributed by atoms with Gasteiger partial charge in [-0.15, -0.1) is 0 Å². The third-order valence-electron chi connectivity index (χ3n) is 5.84. The Kier molecular flexibility index (Phi) is 7.49. The third-order valence-corrected chi connectivity index (χ3v) is 5.84. The van der Waals surface area contributed by atoms with Crippen LogP contribution < -0.4 is 15.0 Å². The minimum atomic E-state index is -0.582. The van der Waals surface area contributed by atoms with Crippen LogP contribution in [0.2, 0.25) is 0 Å². The van der Waals surface area contributed by atoms with Gasteiger partial charge in [0, 0.05) is 49.3 Å². The molecule has 1 fully saturated rings. The molecule has 8 heteroatoms. The Morgan fingerprint density at radius 3 is 2.76 bits per heavy atom. The van der Waals surface area contributed by atoms with Gasteiger partial charge in [0.15, 0.2) is 5.82 Å². The first-order valence-corrected chi connectivity index (χ1v) is 11.2. The smallest absolute Gasteiger partial charge is 0.162 e. The molecule has 2 N–H and O–H groups in total. The van der Waals surface area contributed by atoms with Crippen LogP contribution in [0.1, 0.15) is 12.0 Å². The molecule has 1 aliphatic heterocycles. The summed E-state index contributed by atoms with van der Waals surface area (Å²) in [5.74, 6) is 2.17. The molecule has 2 unspecified atom stereocenters. The number of aromatic nitrogens is 3. The molecule has 2 aromatic heterocycles. The van der Waals surface area contributed by atoms with Gasteiger partial charge in [-0.05, 0) is 44.7 Å². The molecule has 2 atom stereocenters. The van der Waals surface area contributed by atoms with E-state index < -0.39 is 6.10 Å². The largest absolute Gasteiger partial charge is 0.491 e. The molecule has 33 heavy (non-hydrogen) atoms. The summed E-state index contributed by atoms with van der Waals surface area (Å²) in [4.78, 5) is 16.3. The summed E-state index contributed by atoms with van der Waals surface area (Å²) in [5.41, 5.74) is 3.73. The molecule has 1 aromatic carbocycles. The fraction of sp³-hybridized carbons (Fsp3) is 0.400. The van der Waals surface area contributed by atoms with Gasteiger partial charge in [-0.3, -0.25) is 4.98 Å². The minimum Gasteiger partial charge on any atom is -0.491 e. The molecule has 0 aliphatic carbocycles. The van der Waals surface area contributed by atoms with Crippen molar-refractivity contribution in [3.05, 3.63) is 54.4 Å². The van der Waals surface area contributed by atoms with Gasteiger partial charge in [-0.25, -0.2) is 9.97 Å². The van der Waals surface area contributed by atoms with E-state index in [2.05, 4.69) is 29.2 Å². The minimum absolute atomic E-state index is 0.205. The Morgan fingerprint density at radius 2 is 2.03 bits per heavy atom. The second kappa shape index (κ2) is 10.7. The molecule has 1 aliphatic rings. The zero-order chi connectivity index (χ0) is 23.2. The number of aliphatic hydroxyl groups is 1. The van der Waals surface area contributed by atoms with E-state index in [9.17, 15) is 5.11 Å². The van der Waals surface area contributed by atoms with Gasteiger partial charge in [-0.2, -0.15) is 0 Å². The van der Waals surface area contributed by atoms with Crippen molar-refractivity contribution < 1.29 is 14.6 Å². The molecular weight excluding hydrogens is 418 g/mol. The number of pyridine rings is 1. The summed E-state index contributed by atoms with van der Waals surface area (Å²) < 4.78 is 11.4. The van der Waals surface area contributed by atoms with Gasteiger partial charge in [0.05, 0.1) is 18.3 Å². The summed E-state index contributed by atoms with van der Waals surface area (Å²) in [6, 6.07) is 11.9. The molecule has 1 saturated heterocycles. The van der Waals surface area contributed by atoms with Crippen LogP contribution in [0.15, 0.2) is 48.8 Å². The van der Waals surface area contributed by atoms with Crippen LogP contribution in [0.5, 0.6) is 5.75 Å². The third kappa shape index (κ3) is 5.47. The molecule has 0 amide bonds.